The van der Waals surface area contributed by atoms with Gasteiger partial charge in [-0.1, -0.05) is 42.0 Å². The van der Waals surface area contributed by atoms with Gasteiger partial charge in [-0.3, -0.25) is 14.5 Å². The third-order valence-electron chi connectivity index (χ3n) is 4.98. The average Bonchev–Trinajstić information content (AvgIpc) is 2.91. The molecule has 0 spiro atoms. The zero-order chi connectivity index (χ0) is 21.2. The Labute approximate surface area is 169 Å². The van der Waals surface area contributed by atoms with E-state index in [1.54, 1.807) is 43.3 Å². The number of aliphatic hydroxyl groups excluding tert-OH is 1. The van der Waals surface area contributed by atoms with Crippen molar-refractivity contribution in [2.75, 3.05) is 13.2 Å². The van der Waals surface area contributed by atoms with Crippen LogP contribution in [-0.2, 0) is 10.3 Å². The topological polar surface area (TPSA) is 95.9 Å². The van der Waals surface area contributed by atoms with Crippen molar-refractivity contribution < 1.29 is 24.2 Å². The van der Waals surface area contributed by atoms with Gasteiger partial charge >= 0.3 is 6.03 Å². The lowest BCUT2D eigenvalue weighted by Gasteiger charge is -2.23. The summed E-state index contributed by atoms with van der Waals surface area (Å²) in [4.78, 5) is 37.7. The van der Waals surface area contributed by atoms with Gasteiger partial charge in [-0.15, -0.1) is 0 Å². The third kappa shape index (κ3) is 4.30. The number of urea groups is 1. The Morgan fingerprint density at radius 2 is 1.90 bits per heavy atom. The molecule has 0 radical (unpaired) electrons. The molecule has 2 aromatic rings. The highest BCUT2D eigenvalue weighted by atomic mass is 16.5. The first-order valence-corrected chi connectivity index (χ1v) is 9.34. The number of nitrogens with zero attached hydrogens (tertiary/aromatic N) is 1. The van der Waals surface area contributed by atoms with E-state index in [-0.39, 0.29) is 18.9 Å². The largest absolute Gasteiger partial charge is 0.491 e. The van der Waals surface area contributed by atoms with Crippen LogP contribution in [0.1, 0.15) is 35.3 Å². The molecule has 1 aliphatic rings. The van der Waals surface area contributed by atoms with Gasteiger partial charge in [0.05, 0.1) is 6.54 Å². The zero-order valence-electron chi connectivity index (χ0n) is 16.6. The van der Waals surface area contributed by atoms with E-state index in [2.05, 4.69) is 5.32 Å². The fourth-order valence-electron chi connectivity index (χ4n) is 3.21. The number of ether oxygens (including phenoxy) is 1. The predicted octanol–water partition coefficient (Wildman–Crippen LogP) is 2.40. The highest BCUT2D eigenvalue weighted by molar-refractivity contribution is 6.07. The lowest BCUT2D eigenvalue weighted by atomic mass is 9.91. The van der Waals surface area contributed by atoms with Crippen LogP contribution in [0.5, 0.6) is 5.75 Å². The molecule has 3 amide bonds. The Bertz CT molecular complexity index is 940. The molecule has 7 nitrogen and oxygen atoms in total. The number of amides is 3. The Balaban J connectivity index is 1.64. The maximum absolute atomic E-state index is 12.9. The number of imide groups is 1. The van der Waals surface area contributed by atoms with Crippen molar-refractivity contribution in [1.82, 2.24) is 10.2 Å². The van der Waals surface area contributed by atoms with Gasteiger partial charge < -0.3 is 15.2 Å². The molecule has 0 aromatic heterocycles. The summed E-state index contributed by atoms with van der Waals surface area (Å²) in [7, 11) is 0. The highest BCUT2D eigenvalue weighted by Crippen LogP contribution is 2.29. The van der Waals surface area contributed by atoms with Crippen molar-refractivity contribution in [3.8, 4) is 5.75 Å². The number of nitrogens with one attached hydrogen (secondary N) is 1. The summed E-state index contributed by atoms with van der Waals surface area (Å²) in [6, 6.07) is 13.4. The maximum atomic E-state index is 12.9. The third-order valence-corrected chi connectivity index (χ3v) is 4.98. The molecule has 1 saturated heterocycles. The molecule has 0 unspecified atom stereocenters. The highest BCUT2D eigenvalue weighted by Gasteiger charge is 2.49. The molecule has 0 bridgehead atoms. The second kappa shape index (κ2) is 8.05. The van der Waals surface area contributed by atoms with E-state index in [1.165, 1.54) is 6.92 Å². The molecule has 7 heteroatoms. The fourth-order valence-corrected chi connectivity index (χ4v) is 3.21. The van der Waals surface area contributed by atoms with Crippen LogP contribution in [0.25, 0.3) is 0 Å². The van der Waals surface area contributed by atoms with Crippen molar-refractivity contribution in [3.05, 3.63) is 65.2 Å². The molecule has 2 aromatic carbocycles. The van der Waals surface area contributed by atoms with Crippen molar-refractivity contribution in [1.29, 1.82) is 0 Å². The fraction of sp³-hybridized carbons (Fsp3) is 0.318. The Morgan fingerprint density at radius 1 is 1.21 bits per heavy atom. The van der Waals surface area contributed by atoms with E-state index in [1.807, 2.05) is 19.1 Å². The van der Waals surface area contributed by atoms with Crippen LogP contribution in [0.3, 0.4) is 0 Å². The Kier molecular flexibility index (Phi) is 5.70. The summed E-state index contributed by atoms with van der Waals surface area (Å²) >= 11 is 0. The second-order valence-electron chi connectivity index (χ2n) is 7.39. The number of hydrogen-bond donors (Lipinski definition) is 2. The minimum absolute atomic E-state index is 0.0919. The number of aliphatic hydroxyl groups is 1. The van der Waals surface area contributed by atoms with Crippen LogP contribution in [0.4, 0.5) is 4.79 Å². The van der Waals surface area contributed by atoms with E-state index in [9.17, 15) is 19.5 Å². The van der Waals surface area contributed by atoms with E-state index in [0.717, 1.165) is 10.5 Å². The van der Waals surface area contributed by atoms with Crippen molar-refractivity contribution >= 4 is 17.7 Å². The van der Waals surface area contributed by atoms with E-state index in [0.29, 0.717) is 16.9 Å². The summed E-state index contributed by atoms with van der Waals surface area (Å²) in [6.07, 6.45) is -1.08. The quantitative estimate of drug-likeness (QED) is 0.553. The number of hydrogen-bond acceptors (Lipinski definition) is 5. The van der Waals surface area contributed by atoms with E-state index in [4.69, 9.17) is 4.74 Å². The number of aryl methyl sites for hydroxylation is 1. The van der Waals surface area contributed by atoms with Gasteiger partial charge in [0, 0.05) is 5.56 Å². The number of ketones is 1. The van der Waals surface area contributed by atoms with Crippen molar-refractivity contribution in [3.63, 3.8) is 0 Å². The predicted molar refractivity (Wildman–Crippen MR) is 107 cm³/mol. The number of benzene rings is 2. The molecular weight excluding hydrogens is 372 g/mol. The second-order valence-corrected chi connectivity index (χ2v) is 7.39. The minimum Gasteiger partial charge on any atom is -0.491 e. The van der Waals surface area contributed by atoms with Crippen LogP contribution in [-0.4, -0.2) is 47.0 Å². The van der Waals surface area contributed by atoms with Crippen LogP contribution >= 0.6 is 0 Å². The monoisotopic (exact) mass is 396 g/mol. The maximum Gasteiger partial charge on any atom is 0.325 e. The molecule has 152 valence electrons. The molecule has 0 aliphatic carbocycles. The lowest BCUT2D eigenvalue weighted by molar-refractivity contribution is -0.132. The first kappa shape index (κ1) is 20.5. The van der Waals surface area contributed by atoms with Crippen LogP contribution in [0, 0.1) is 6.92 Å². The number of β-amino-alcohol motifs (C(OH)–C–C–N with tert-alkyl or cyclic N) is 1. The van der Waals surface area contributed by atoms with Gasteiger partial charge in [-0.2, -0.15) is 0 Å². The van der Waals surface area contributed by atoms with Gasteiger partial charge in [0.1, 0.15) is 24.0 Å². The first-order valence-electron chi connectivity index (χ1n) is 9.34. The molecule has 2 N–H and O–H groups in total. The van der Waals surface area contributed by atoms with Crippen LogP contribution in [0.2, 0.25) is 0 Å². The average molecular weight is 396 g/mol. The molecular formula is C22H24N2O5. The minimum atomic E-state index is -1.18. The van der Waals surface area contributed by atoms with Gasteiger partial charge in [-0.05, 0) is 38.5 Å². The van der Waals surface area contributed by atoms with Crippen LogP contribution in [0.15, 0.2) is 48.5 Å². The molecule has 3 rings (SSSR count). The summed E-state index contributed by atoms with van der Waals surface area (Å²) < 4.78 is 5.52. The van der Waals surface area contributed by atoms with Crippen molar-refractivity contribution in [2.24, 2.45) is 0 Å². The summed E-state index contributed by atoms with van der Waals surface area (Å²) in [5.74, 6) is -0.0897. The van der Waals surface area contributed by atoms with Gasteiger partial charge in [-0.25, -0.2) is 4.79 Å². The molecule has 1 heterocycles. The smallest absolute Gasteiger partial charge is 0.325 e. The Hall–Kier alpha value is -3.19. The number of rotatable bonds is 7. The van der Waals surface area contributed by atoms with Crippen LogP contribution < -0.4 is 10.1 Å². The summed E-state index contributed by atoms with van der Waals surface area (Å²) in [5, 5.41) is 13.0. The summed E-state index contributed by atoms with van der Waals surface area (Å²) in [6.45, 7) is 4.72. The molecule has 29 heavy (non-hydrogen) atoms. The van der Waals surface area contributed by atoms with Gasteiger partial charge in [0.2, 0.25) is 0 Å². The van der Waals surface area contributed by atoms with E-state index >= 15 is 0 Å². The molecule has 2 atom stereocenters. The molecule has 0 saturated carbocycles. The van der Waals surface area contributed by atoms with Gasteiger partial charge in [0.25, 0.3) is 5.91 Å². The first-order chi connectivity index (χ1) is 13.7. The number of carbonyl (C=O) groups is 3. The Morgan fingerprint density at radius 3 is 2.55 bits per heavy atom. The van der Waals surface area contributed by atoms with Crippen molar-refractivity contribution in [2.45, 2.75) is 32.4 Å². The van der Waals surface area contributed by atoms with Gasteiger partial charge in [0.15, 0.2) is 5.78 Å². The standard InChI is InChI=1S/C22H24N2O5/c1-14-7-9-17(10-8-14)22(3)20(27)24(21(28)23-22)12-18(26)13-29-19-6-4-5-16(11-19)15(2)25/h4-11,18,26H,12-13H2,1-3H3,(H,23,28)/t18-,22-/m1/s1. The normalized spacial score (nSPS) is 19.8. The number of Topliss-reactive ketones (excluding diaryl/α,β-unsaturated/α-hetero) is 1. The van der Waals surface area contributed by atoms with E-state index < -0.39 is 23.6 Å². The molecule has 1 aliphatic heterocycles. The zero-order valence-corrected chi connectivity index (χ0v) is 16.6. The molecule has 1 fully saturated rings. The summed E-state index contributed by atoms with van der Waals surface area (Å²) in [5.41, 5.74) is 1.05. The number of carbonyl (C=O) groups excluding carboxylic acids is 3. The SMILES string of the molecule is CC(=O)c1cccc(OC[C@H](O)CN2C(=O)N[C@](C)(c3ccc(C)cc3)C2=O)c1. The lowest BCUT2D eigenvalue weighted by Crippen LogP contribution is -2.42.